The zero-order chi connectivity index (χ0) is 26.9. The van der Waals surface area contributed by atoms with E-state index in [4.69, 9.17) is 10.5 Å². The average Bonchev–Trinajstić information content (AvgIpc) is 2.94. The van der Waals surface area contributed by atoms with E-state index in [1.807, 2.05) is 89.8 Å². The van der Waals surface area contributed by atoms with Gasteiger partial charge in [-0.15, -0.1) is 0 Å². The van der Waals surface area contributed by atoms with E-state index in [2.05, 4.69) is 21.2 Å². The van der Waals surface area contributed by atoms with Crippen molar-refractivity contribution in [3.63, 3.8) is 0 Å². The Labute approximate surface area is 231 Å². The molecule has 0 aliphatic rings. The summed E-state index contributed by atoms with van der Waals surface area (Å²) in [6.45, 7) is 1.17. The Kier molecular flexibility index (Phi) is 9.30. The number of anilines is 1. The van der Waals surface area contributed by atoms with Crippen LogP contribution in [-0.2, 0) is 30.8 Å². The highest BCUT2D eigenvalue weighted by molar-refractivity contribution is 9.10. The predicted molar refractivity (Wildman–Crippen MR) is 154 cm³/mol. The molecule has 0 saturated carbocycles. The van der Waals surface area contributed by atoms with E-state index >= 15 is 0 Å². The molecule has 0 saturated heterocycles. The minimum absolute atomic E-state index is 0.0264. The summed E-state index contributed by atoms with van der Waals surface area (Å²) in [5, 5.41) is 3.01. The number of rotatable bonds is 10. The number of carbonyl (C=O) groups is 2. The molecule has 194 valence electrons. The molecule has 38 heavy (non-hydrogen) atoms. The average molecular weight is 573 g/mol. The summed E-state index contributed by atoms with van der Waals surface area (Å²) in [4.78, 5) is 28.4. The largest absolute Gasteiger partial charge is 0.497 e. The number of benzene rings is 4. The van der Waals surface area contributed by atoms with E-state index < -0.39 is 0 Å². The molecule has 6 nitrogen and oxygen atoms in total. The summed E-state index contributed by atoms with van der Waals surface area (Å²) in [6, 6.07) is 30.2. The molecule has 4 aromatic rings. The van der Waals surface area contributed by atoms with Crippen LogP contribution in [0.5, 0.6) is 5.75 Å². The molecule has 0 unspecified atom stereocenters. The van der Waals surface area contributed by atoms with Crippen molar-refractivity contribution in [3.8, 4) is 5.75 Å². The third kappa shape index (κ3) is 7.31. The van der Waals surface area contributed by atoms with Crippen LogP contribution < -0.4 is 15.8 Å². The van der Waals surface area contributed by atoms with E-state index in [1.54, 1.807) is 19.2 Å². The summed E-state index contributed by atoms with van der Waals surface area (Å²) in [6.07, 6.45) is 0.243. The monoisotopic (exact) mass is 571 g/mol. The summed E-state index contributed by atoms with van der Waals surface area (Å²) in [7, 11) is 1.62. The molecule has 0 fully saturated rings. The van der Waals surface area contributed by atoms with Crippen molar-refractivity contribution in [2.75, 3.05) is 12.4 Å². The van der Waals surface area contributed by atoms with Crippen LogP contribution in [-0.4, -0.2) is 23.8 Å². The van der Waals surface area contributed by atoms with Gasteiger partial charge in [0.25, 0.3) is 5.91 Å². The Hall–Kier alpha value is -3.94. The molecule has 0 atom stereocenters. The van der Waals surface area contributed by atoms with Gasteiger partial charge in [-0.05, 0) is 58.7 Å². The second-order valence-corrected chi connectivity index (χ2v) is 9.84. The van der Waals surface area contributed by atoms with Gasteiger partial charge in [0, 0.05) is 35.4 Å². The van der Waals surface area contributed by atoms with E-state index in [-0.39, 0.29) is 18.2 Å². The van der Waals surface area contributed by atoms with Crippen molar-refractivity contribution in [1.82, 2.24) is 4.90 Å². The normalized spacial score (nSPS) is 10.6. The maximum absolute atomic E-state index is 13.6. The standard InChI is InChI=1S/C31H30BrN3O3/c1-38-28-14-12-22(13-15-28)17-30(36)35(20-24-7-4-6-23(16-24)19-33)21-26-8-2-3-11-29(26)34-31(37)25-9-5-10-27(32)18-25/h2-16,18H,17,19-21,33H2,1H3,(H,34,37). The molecule has 4 rings (SSSR count). The van der Waals surface area contributed by atoms with Crippen molar-refractivity contribution in [3.05, 3.63) is 129 Å². The Morgan fingerprint density at radius 2 is 1.58 bits per heavy atom. The third-order valence-corrected chi connectivity index (χ3v) is 6.67. The second-order valence-electron chi connectivity index (χ2n) is 8.92. The molecule has 4 aromatic carbocycles. The molecule has 0 aliphatic carbocycles. The van der Waals surface area contributed by atoms with Gasteiger partial charge in [-0.2, -0.15) is 0 Å². The number of methoxy groups -OCH3 is 1. The summed E-state index contributed by atoms with van der Waals surface area (Å²) in [5.74, 6) is 0.499. The van der Waals surface area contributed by atoms with Gasteiger partial charge in [0.05, 0.1) is 13.5 Å². The lowest BCUT2D eigenvalue weighted by atomic mass is 10.1. The second kappa shape index (κ2) is 13.0. The first kappa shape index (κ1) is 27.1. The Balaban J connectivity index is 1.59. The van der Waals surface area contributed by atoms with Gasteiger partial charge in [0.15, 0.2) is 0 Å². The number of nitrogens with two attached hydrogens (primary N) is 1. The highest BCUT2D eigenvalue weighted by Crippen LogP contribution is 2.22. The lowest BCUT2D eigenvalue weighted by Gasteiger charge is -2.25. The fraction of sp³-hybridized carbons (Fsp3) is 0.161. The highest BCUT2D eigenvalue weighted by Gasteiger charge is 2.18. The first-order valence-corrected chi connectivity index (χ1v) is 13.1. The van der Waals surface area contributed by atoms with Crippen LogP contribution in [0.15, 0.2) is 102 Å². The van der Waals surface area contributed by atoms with Crippen molar-refractivity contribution in [1.29, 1.82) is 0 Å². The molecule has 0 spiro atoms. The molecule has 0 aromatic heterocycles. The molecule has 3 N–H and O–H groups in total. The lowest BCUT2D eigenvalue weighted by molar-refractivity contribution is -0.131. The molecule has 0 bridgehead atoms. The van der Waals surface area contributed by atoms with Crippen LogP contribution in [0.4, 0.5) is 5.69 Å². The lowest BCUT2D eigenvalue weighted by Crippen LogP contribution is -2.32. The smallest absolute Gasteiger partial charge is 0.255 e. The van der Waals surface area contributed by atoms with E-state index in [9.17, 15) is 9.59 Å². The molecule has 0 heterocycles. The summed E-state index contributed by atoms with van der Waals surface area (Å²) in [5.41, 5.74) is 10.8. The maximum Gasteiger partial charge on any atom is 0.255 e. The van der Waals surface area contributed by atoms with Gasteiger partial charge in [0.1, 0.15) is 5.75 Å². The van der Waals surface area contributed by atoms with Gasteiger partial charge in [-0.3, -0.25) is 9.59 Å². The highest BCUT2D eigenvalue weighted by atomic mass is 79.9. The van der Waals surface area contributed by atoms with Crippen molar-refractivity contribution in [2.24, 2.45) is 5.73 Å². The Bertz CT molecular complexity index is 1410. The van der Waals surface area contributed by atoms with Gasteiger partial charge in [-0.1, -0.05) is 76.6 Å². The van der Waals surface area contributed by atoms with Crippen LogP contribution >= 0.6 is 15.9 Å². The van der Waals surface area contributed by atoms with Crippen molar-refractivity contribution < 1.29 is 14.3 Å². The molecular formula is C31H30BrN3O3. The number of nitrogens with one attached hydrogen (secondary N) is 1. The number of amides is 2. The topological polar surface area (TPSA) is 84.7 Å². The van der Waals surface area contributed by atoms with Gasteiger partial charge in [0.2, 0.25) is 5.91 Å². The van der Waals surface area contributed by atoms with Crippen LogP contribution in [0.25, 0.3) is 0 Å². The maximum atomic E-state index is 13.6. The summed E-state index contributed by atoms with van der Waals surface area (Å²) >= 11 is 3.42. The van der Waals surface area contributed by atoms with Gasteiger partial charge < -0.3 is 20.7 Å². The number of nitrogens with zero attached hydrogens (tertiary/aromatic N) is 1. The SMILES string of the molecule is COc1ccc(CC(=O)N(Cc2cccc(CN)c2)Cc2ccccc2NC(=O)c2cccc(Br)c2)cc1. The summed E-state index contributed by atoms with van der Waals surface area (Å²) < 4.78 is 6.07. The Morgan fingerprint density at radius 1 is 0.842 bits per heavy atom. The first-order chi connectivity index (χ1) is 18.4. The minimum atomic E-state index is -0.217. The van der Waals surface area contributed by atoms with E-state index in [1.165, 1.54) is 0 Å². The number of halogens is 1. The number of para-hydroxylation sites is 1. The fourth-order valence-corrected chi connectivity index (χ4v) is 4.55. The third-order valence-electron chi connectivity index (χ3n) is 6.18. The fourth-order valence-electron chi connectivity index (χ4n) is 4.15. The first-order valence-electron chi connectivity index (χ1n) is 12.3. The van der Waals surface area contributed by atoms with Crippen LogP contribution in [0.2, 0.25) is 0 Å². The van der Waals surface area contributed by atoms with Crippen molar-refractivity contribution in [2.45, 2.75) is 26.1 Å². The zero-order valence-electron chi connectivity index (χ0n) is 21.2. The van der Waals surface area contributed by atoms with Crippen LogP contribution in [0.1, 0.15) is 32.6 Å². The molecule has 0 aliphatic heterocycles. The quantitative estimate of drug-likeness (QED) is 0.246. The van der Waals surface area contributed by atoms with E-state index in [0.717, 1.165) is 32.5 Å². The van der Waals surface area contributed by atoms with Crippen LogP contribution in [0.3, 0.4) is 0 Å². The number of hydrogen-bond donors (Lipinski definition) is 2. The van der Waals surface area contributed by atoms with E-state index in [0.29, 0.717) is 30.9 Å². The number of hydrogen-bond acceptors (Lipinski definition) is 4. The number of ether oxygens (including phenoxy) is 1. The predicted octanol–water partition coefficient (Wildman–Crippen LogP) is 5.94. The molecule has 2 amide bonds. The Morgan fingerprint density at radius 3 is 2.32 bits per heavy atom. The molecule has 7 heteroatoms. The molecular weight excluding hydrogens is 542 g/mol. The molecule has 0 radical (unpaired) electrons. The van der Waals surface area contributed by atoms with Gasteiger partial charge in [-0.25, -0.2) is 0 Å². The minimum Gasteiger partial charge on any atom is -0.497 e. The van der Waals surface area contributed by atoms with Crippen molar-refractivity contribution >= 4 is 33.4 Å². The zero-order valence-corrected chi connectivity index (χ0v) is 22.8. The van der Waals surface area contributed by atoms with Gasteiger partial charge >= 0.3 is 0 Å². The van der Waals surface area contributed by atoms with Crippen LogP contribution in [0, 0.1) is 0 Å². The number of carbonyl (C=O) groups excluding carboxylic acids is 2.